The van der Waals surface area contributed by atoms with Crippen molar-refractivity contribution in [2.45, 2.75) is 45.1 Å². The highest BCUT2D eigenvalue weighted by atomic mass is 16.5. The van der Waals surface area contributed by atoms with Gasteiger partial charge in [0.2, 0.25) is 17.8 Å². The van der Waals surface area contributed by atoms with E-state index in [-0.39, 0.29) is 0 Å². The van der Waals surface area contributed by atoms with E-state index in [2.05, 4.69) is 32.5 Å². The van der Waals surface area contributed by atoms with Crippen LogP contribution in [0.15, 0.2) is 59.7 Å². The summed E-state index contributed by atoms with van der Waals surface area (Å²) in [5, 5.41) is 4.46. The van der Waals surface area contributed by atoms with Crippen molar-refractivity contribution in [3.63, 3.8) is 0 Å². The molecule has 8 heteroatoms. The number of para-hydroxylation sites is 1. The fourth-order valence-electron chi connectivity index (χ4n) is 4.49. The van der Waals surface area contributed by atoms with Crippen LogP contribution in [0.1, 0.15) is 49.7 Å². The number of aromatic nitrogens is 3. The minimum absolute atomic E-state index is 0.472. The minimum Gasteiger partial charge on any atom is -0.488 e. The maximum Gasteiger partial charge on any atom is 0.250 e. The van der Waals surface area contributed by atoms with Gasteiger partial charge in [-0.2, -0.15) is 20.1 Å². The van der Waals surface area contributed by atoms with E-state index in [0.717, 1.165) is 55.0 Å². The maximum atomic E-state index is 6.05. The van der Waals surface area contributed by atoms with Crippen LogP contribution in [0, 0.1) is 0 Å². The molecule has 0 unspecified atom stereocenters. The molecule has 8 nitrogen and oxygen atoms in total. The van der Waals surface area contributed by atoms with Crippen LogP contribution >= 0.6 is 0 Å². The number of nitrogens with one attached hydrogen (secondary N) is 1. The van der Waals surface area contributed by atoms with Crippen molar-refractivity contribution >= 4 is 24.1 Å². The van der Waals surface area contributed by atoms with Gasteiger partial charge >= 0.3 is 0 Å². The number of rotatable bonds is 8. The van der Waals surface area contributed by atoms with E-state index in [9.17, 15) is 0 Å². The van der Waals surface area contributed by atoms with Gasteiger partial charge in [-0.05, 0) is 56.2 Å². The fraction of sp³-hybridized carbons (Fsp3) is 0.407. The Bertz CT molecular complexity index is 1070. The third-order valence-corrected chi connectivity index (χ3v) is 6.41. The zero-order chi connectivity index (χ0) is 23.7. The number of hydrogen-bond donors (Lipinski definition) is 1. The molecule has 0 radical (unpaired) electrons. The number of benzene rings is 2. The highest BCUT2D eigenvalue weighted by Crippen LogP contribution is 2.23. The second-order valence-electron chi connectivity index (χ2n) is 9.04. The molecule has 0 saturated carbocycles. The Kier molecular flexibility index (Phi) is 7.68. The standard InChI is InChI=1S/C27H33N7O/c1-4-12-22(13-5-1)21-35-24-15-7-6-14-23(24)20-28-32-25-29-26(33-16-8-2-9-17-33)31-27(30-25)34-18-10-3-11-19-34/h1,4-7,12-15,20H,2-3,8-11,16-19,21H2,(H,29,30,31,32)/b28-20-. The van der Waals surface area contributed by atoms with Crippen molar-refractivity contribution < 1.29 is 4.74 Å². The molecule has 3 heterocycles. The normalized spacial score (nSPS) is 16.5. The van der Waals surface area contributed by atoms with Crippen molar-refractivity contribution in [2.75, 3.05) is 41.4 Å². The number of hydrogen-bond acceptors (Lipinski definition) is 8. The van der Waals surface area contributed by atoms with Crippen molar-refractivity contribution in [1.29, 1.82) is 0 Å². The first-order valence-electron chi connectivity index (χ1n) is 12.7. The van der Waals surface area contributed by atoms with Crippen molar-refractivity contribution in [3.8, 4) is 5.75 Å². The van der Waals surface area contributed by atoms with Gasteiger partial charge in [-0.15, -0.1) is 0 Å². The predicted octanol–water partition coefficient (Wildman–Crippen LogP) is 4.88. The SMILES string of the molecule is C(=N/Nc1nc(N2CCCCC2)nc(N2CCCCC2)n1)/c1ccccc1OCc1ccccc1. The van der Waals surface area contributed by atoms with Gasteiger partial charge in [0.25, 0.3) is 0 Å². The van der Waals surface area contributed by atoms with Gasteiger partial charge in [0.05, 0.1) is 6.21 Å². The van der Waals surface area contributed by atoms with E-state index in [1.165, 1.54) is 38.5 Å². The highest BCUT2D eigenvalue weighted by molar-refractivity contribution is 5.83. The lowest BCUT2D eigenvalue weighted by Crippen LogP contribution is -2.34. The maximum absolute atomic E-state index is 6.05. The Morgan fingerprint density at radius 3 is 2.00 bits per heavy atom. The Morgan fingerprint density at radius 2 is 1.34 bits per heavy atom. The van der Waals surface area contributed by atoms with Gasteiger partial charge in [0, 0.05) is 31.7 Å². The molecule has 0 bridgehead atoms. The Balaban J connectivity index is 1.31. The van der Waals surface area contributed by atoms with E-state index in [0.29, 0.717) is 12.6 Å². The van der Waals surface area contributed by atoms with Gasteiger partial charge in [-0.25, -0.2) is 5.43 Å². The average molecular weight is 472 g/mol. The molecule has 0 atom stereocenters. The van der Waals surface area contributed by atoms with Crippen LogP contribution in [-0.2, 0) is 6.61 Å². The minimum atomic E-state index is 0.472. The average Bonchev–Trinajstić information content (AvgIpc) is 2.94. The molecule has 1 N–H and O–H groups in total. The van der Waals surface area contributed by atoms with E-state index in [1.54, 1.807) is 6.21 Å². The van der Waals surface area contributed by atoms with Crippen LogP contribution in [-0.4, -0.2) is 47.3 Å². The van der Waals surface area contributed by atoms with Crippen molar-refractivity contribution in [1.82, 2.24) is 15.0 Å². The molecule has 2 aliphatic heterocycles. The summed E-state index contributed by atoms with van der Waals surface area (Å²) in [6.07, 6.45) is 8.97. The van der Waals surface area contributed by atoms with Gasteiger partial charge < -0.3 is 14.5 Å². The van der Waals surface area contributed by atoms with Gasteiger partial charge in [0.1, 0.15) is 12.4 Å². The van der Waals surface area contributed by atoms with Gasteiger partial charge in [0.15, 0.2) is 0 Å². The molecule has 2 aromatic carbocycles. The predicted molar refractivity (Wildman–Crippen MR) is 140 cm³/mol. The molecule has 0 spiro atoms. The van der Waals surface area contributed by atoms with E-state index in [4.69, 9.17) is 19.7 Å². The summed E-state index contributed by atoms with van der Waals surface area (Å²) in [4.78, 5) is 18.8. The third kappa shape index (κ3) is 6.26. The van der Waals surface area contributed by atoms with Crippen molar-refractivity contribution in [2.24, 2.45) is 5.10 Å². The number of piperidine rings is 2. The molecular formula is C27H33N7O. The summed E-state index contributed by atoms with van der Waals surface area (Å²) in [7, 11) is 0. The summed E-state index contributed by atoms with van der Waals surface area (Å²) < 4.78 is 6.05. The topological polar surface area (TPSA) is 78.8 Å². The summed E-state index contributed by atoms with van der Waals surface area (Å²) in [5.41, 5.74) is 5.06. The molecule has 35 heavy (non-hydrogen) atoms. The van der Waals surface area contributed by atoms with Crippen LogP contribution in [0.2, 0.25) is 0 Å². The summed E-state index contributed by atoms with van der Waals surface area (Å²) in [5.74, 6) is 2.73. The zero-order valence-corrected chi connectivity index (χ0v) is 20.1. The first kappa shape index (κ1) is 23.1. The monoisotopic (exact) mass is 471 g/mol. The molecule has 2 aliphatic rings. The molecule has 3 aromatic rings. The first-order chi connectivity index (χ1) is 17.3. The van der Waals surface area contributed by atoms with E-state index < -0.39 is 0 Å². The number of anilines is 3. The van der Waals surface area contributed by atoms with Crippen LogP contribution < -0.4 is 20.0 Å². The second-order valence-corrected chi connectivity index (χ2v) is 9.04. The zero-order valence-electron chi connectivity index (χ0n) is 20.1. The molecule has 0 amide bonds. The van der Waals surface area contributed by atoms with Gasteiger partial charge in [-0.3, -0.25) is 0 Å². The lowest BCUT2D eigenvalue weighted by atomic mass is 10.1. The quantitative estimate of drug-likeness (QED) is 0.371. The lowest BCUT2D eigenvalue weighted by molar-refractivity contribution is 0.306. The molecule has 5 rings (SSSR count). The molecule has 2 saturated heterocycles. The molecule has 0 aliphatic carbocycles. The van der Waals surface area contributed by atoms with Crippen LogP contribution in [0.3, 0.4) is 0 Å². The first-order valence-corrected chi connectivity index (χ1v) is 12.7. The Morgan fingerprint density at radius 1 is 0.743 bits per heavy atom. The highest BCUT2D eigenvalue weighted by Gasteiger charge is 2.20. The number of ether oxygens (including phenoxy) is 1. The van der Waals surface area contributed by atoms with E-state index in [1.807, 2.05) is 42.5 Å². The summed E-state index contributed by atoms with van der Waals surface area (Å²) in [6, 6.07) is 18.0. The smallest absolute Gasteiger partial charge is 0.250 e. The summed E-state index contributed by atoms with van der Waals surface area (Å²) in [6.45, 7) is 4.44. The van der Waals surface area contributed by atoms with Crippen LogP contribution in [0.5, 0.6) is 5.75 Å². The molecule has 1 aromatic heterocycles. The lowest BCUT2D eigenvalue weighted by Gasteiger charge is -2.30. The molecule has 182 valence electrons. The third-order valence-electron chi connectivity index (χ3n) is 6.41. The van der Waals surface area contributed by atoms with Crippen LogP contribution in [0.4, 0.5) is 17.8 Å². The Labute approximate surface area is 207 Å². The van der Waals surface area contributed by atoms with E-state index >= 15 is 0 Å². The fourth-order valence-corrected chi connectivity index (χ4v) is 4.49. The van der Waals surface area contributed by atoms with Crippen molar-refractivity contribution in [3.05, 3.63) is 65.7 Å². The molecular weight excluding hydrogens is 438 g/mol. The number of nitrogens with zero attached hydrogens (tertiary/aromatic N) is 6. The Hall–Kier alpha value is -3.68. The van der Waals surface area contributed by atoms with Crippen LogP contribution in [0.25, 0.3) is 0 Å². The number of hydrazone groups is 1. The van der Waals surface area contributed by atoms with Gasteiger partial charge in [-0.1, -0.05) is 42.5 Å². The molecule has 2 fully saturated rings. The summed E-state index contributed by atoms with van der Waals surface area (Å²) >= 11 is 0. The largest absolute Gasteiger partial charge is 0.488 e. The second kappa shape index (κ2) is 11.6.